The van der Waals surface area contributed by atoms with Crippen LogP contribution >= 0.6 is 11.6 Å². The Hall–Kier alpha value is -1.31. The monoisotopic (exact) mass is 302 g/mol. The first-order chi connectivity index (χ1) is 10.0. The van der Waals surface area contributed by atoms with Gasteiger partial charge in [-0.05, 0) is 67.9 Å². The van der Waals surface area contributed by atoms with Crippen LogP contribution in [0.15, 0.2) is 36.4 Å². The van der Waals surface area contributed by atoms with E-state index >= 15 is 0 Å². The molecular formula is C19H23ClO. The molecule has 1 unspecified atom stereocenters. The molecule has 2 aromatic carbocycles. The molecule has 1 N–H and O–H groups in total. The maximum atomic E-state index is 9.73. The molecule has 0 aliphatic heterocycles. The molecule has 0 spiro atoms. The molecule has 2 rings (SSSR count). The third-order valence-electron chi connectivity index (χ3n) is 4.06. The van der Waals surface area contributed by atoms with Gasteiger partial charge in [-0.2, -0.15) is 0 Å². The van der Waals surface area contributed by atoms with E-state index in [-0.39, 0.29) is 12.5 Å². The van der Waals surface area contributed by atoms with Gasteiger partial charge in [0.1, 0.15) is 0 Å². The van der Waals surface area contributed by atoms with Crippen molar-refractivity contribution in [2.75, 3.05) is 6.61 Å². The van der Waals surface area contributed by atoms with E-state index in [0.29, 0.717) is 0 Å². The van der Waals surface area contributed by atoms with Gasteiger partial charge in [0, 0.05) is 11.6 Å². The fourth-order valence-corrected chi connectivity index (χ4v) is 3.21. The summed E-state index contributed by atoms with van der Waals surface area (Å²) < 4.78 is 0. The fraction of sp³-hybridized carbons (Fsp3) is 0.368. The van der Waals surface area contributed by atoms with E-state index in [9.17, 15) is 5.11 Å². The van der Waals surface area contributed by atoms with Crippen molar-refractivity contribution >= 4 is 11.6 Å². The van der Waals surface area contributed by atoms with E-state index < -0.39 is 0 Å². The van der Waals surface area contributed by atoms with Crippen molar-refractivity contribution in [2.45, 2.75) is 33.6 Å². The molecular weight excluding hydrogens is 280 g/mol. The van der Waals surface area contributed by atoms with Crippen LogP contribution in [0.4, 0.5) is 0 Å². The molecule has 112 valence electrons. The lowest BCUT2D eigenvalue weighted by Gasteiger charge is -2.19. The minimum atomic E-state index is 0.179. The van der Waals surface area contributed by atoms with Crippen molar-refractivity contribution in [1.29, 1.82) is 0 Å². The number of hydrogen-bond donors (Lipinski definition) is 1. The van der Waals surface area contributed by atoms with E-state index in [4.69, 9.17) is 11.6 Å². The molecule has 0 aromatic heterocycles. The summed E-state index contributed by atoms with van der Waals surface area (Å²) in [5, 5.41) is 10.5. The van der Waals surface area contributed by atoms with Crippen molar-refractivity contribution < 1.29 is 5.11 Å². The lowest BCUT2D eigenvalue weighted by Crippen LogP contribution is -2.15. The van der Waals surface area contributed by atoms with E-state index in [0.717, 1.165) is 23.4 Å². The van der Waals surface area contributed by atoms with Crippen LogP contribution < -0.4 is 0 Å². The highest BCUT2D eigenvalue weighted by Crippen LogP contribution is 2.24. The summed E-state index contributed by atoms with van der Waals surface area (Å²) >= 11 is 6.23. The van der Waals surface area contributed by atoms with Gasteiger partial charge in [0.2, 0.25) is 0 Å². The van der Waals surface area contributed by atoms with Gasteiger partial charge in [-0.25, -0.2) is 0 Å². The molecule has 0 saturated heterocycles. The van der Waals surface area contributed by atoms with Gasteiger partial charge >= 0.3 is 0 Å². The maximum absolute atomic E-state index is 9.73. The summed E-state index contributed by atoms with van der Waals surface area (Å²) in [4.78, 5) is 0. The number of rotatable bonds is 5. The average molecular weight is 303 g/mol. The van der Waals surface area contributed by atoms with Gasteiger partial charge in [0.25, 0.3) is 0 Å². The minimum absolute atomic E-state index is 0.179. The zero-order valence-corrected chi connectivity index (χ0v) is 13.7. The second-order valence-corrected chi connectivity index (χ2v) is 6.33. The van der Waals surface area contributed by atoms with Crippen LogP contribution in [0, 0.1) is 26.7 Å². The molecule has 2 heteroatoms. The SMILES string of the molecule is Cc1cc(C)c(CC(CO)Cc2ccccc2Cl)c(C)c1. The Morgan fingerprint density at radius 3 is 2.19 bits per heavy atom. The predicted molar refractivity (Wildman–Crippen MR) is 90.1 cm³/mol. The van der Waals surface area contributed by atoms with Crippen molar-refractivity contribution in [3.05, 3.63) is 69.2 Å². The fourth-order valence-electron chi connectivity index (χ4n) is 3.00. The number of aliphatic hydroxyl groups excluding tert-OH is 1. The summed E-state index contributed by atoms with van der Waals surface area (Å²) in [5.41, 5.74) is 6.38. The first-order valence-electron chi connectivity index (χ1n) is 7.42. The van der Waals surface area contributed by atoms with Crippen LogP contribution in [0.25, 0.3) is 0 Å². The van der Waals surface area contributed by atoms with Gasteiger partial charge in [0.15, 0.2) is 0 Å². The van der Waals surface area contributed by atoms with Crippen LogP contribution in [0.2, 0.25) is 5.02 Å². The molecule has 0 radical (unpaired) electrons. The highest BCUT2D eigenvalue weighted by atomic mass is 35.5. The average Bonchev–Trinajstić information content (AvgIpc) is 2.43. The Morgan fingerprint density at radius 2 is 1.62 bits per heavy atom. The molecule has 0 fully saturated rings. The zero-order valence-electron chi connectivity index (χ0n) is 13.0. The topological polar surface area (TPSA) is 20.2 Å². The maximum Gasteiger partial charge on any atom is 0.0465 e. The molecule has 0 aliphatic carbocycles. The number of benzene rings is 2. The highest BCUT2D eigenvalue weighted by Gasteiger charge is 2.14. The van der Waals surface area contributed by atoms with E-state index in [1.807, 2.05) is 24.3 Å². The van der Waals surface area contributed by atoms with E-state index in [1.165, 1.54) is 22.3 Å². The number of hydrogen-bond acceptors (Lipinski definition) is 1. The molecule has 0 aliphatic rings. The first-order valence-corrected chi connectivity index (χ1v) is 7.80. The van der Waals surface area contributed by atoms with Gasteiger partial charge < -0.3 is 5.11 Å². The largest absolute Gasteiger partial charge is 0.396 e. The van der Waals surface area contributed by atoms with Gasteiger partial charge in [-0.1, -0.05) is 47.5 Å². The predicted octanol–water partition coefficient (Wildman–Crippen LogP) is 4.66. The van der Waals surface area contributed by atoms with Crippen molar-refractivity contribution in [3.63, 3.8) is 0 Å². The quantitative estimate of drug-likeness (QED) is 0.851. The summed E-state index contributed by atoms with van der Waals surface area (Å²) in [7, 11) is 0. The Balaban J connectivity index is 2.19. The minimum Gasteiger partial charge on any atom is -0.396 e. The highest BCUT2D eigenvalue weighted by molar-refractivity contribution is 6.31. The van der Waals surface area contributed by atoms with Crippen LogP contribution in [0.1, 0.15) is 27.8 Å². The van der Waals surface area contributed by atoms with Gasteiger partial charge in [-0.15, -0.1) is 0 Å². The van der Waals surface area contributed by atoms with Crippen LogP contribution in [-0.2, 0) is 12.8 Å². The smallest absolute Gasteiger partial charge is 0.0465 e. The second kappa shape index (κ2) is 7.11. The van der Waals surface area contributed by atoms with Gasteiger partial charge in [-0.3, -0.25) is 0 Å². The molecule has 0 heterocycles. The standard InChI is InChI=1S/C19H23ClO/c1-13-8-14(2)18(15(3)9-13)11-16(12-21)10-17-6-4-5-7-19(17)20/h4-9,16,21H,10-12H2,1-3H3. The third kappa shape index (κ3) is 4.09. The van der Waals surface area contributed by atoms with Crippen molar-refractivity contribution in [2.24, 2.45) is 5.92 Å². The molecule has 0 saturated carbocycles. The van der Waals surface area contributed by atoms with E-state index in [1.54, 1.807) is 0 Å². The summed E-state index contributed by atoms with van der Waals surface area (Å²) in [6.45, 7) is 6.60. The molecule has 1 nitrogen and oxygen atoms in total. The molecule has 2 aromatic rings. The van der Waals surface area contributed by atoms with Crippen LogP contribution in [-0.4, -0.2) is 11.7 Å². The normalized spacial score (nSPS) is 12.4. The Morgan fingerprint density at radius 1 is 1.00 bits per heavy atom. The number of aryl methyl sites for hydroxylation is 3. The first kappa shape index (κ1) is 16.1. The zero-order chi connectivity index (χ0) is 15.4. The number of halogens is 1. The summed E-state index contributed by atoms with van der Waals surface area (Å²) in [5.74, 6) is 0.199. The molecule has 21 heavy (non-hydrogen) atoms. The Bertz CT molecular complexity index is 596. The Labute approximate surface area is 132 Å². The van der Waals surface area contributed by atoms with Crippen LogP contribution in [0.3, 0.4) is 0 Å². The van der Waals surface area contributed by atoms with E-state index in [2.05, 4.69) is 32.9 Å². The lowest BCUT2D eigenvalue weighted by atomic mass is 9.88. The summed E-state index contributed by atoms with van der Waals surface area (Å²) in [6.07, 6.45) is 1.70. The Kier molecular flexibility index (Phi) is 5.44. The lowest BCUT2D eigenvalue weighted by molar-refractivity contribution is 0.224. The molecule has 1 atom stereocenters. The van der Waals surface area contributed by atoms with Crippen molar-refractivity contribution in [1.82, 2.24) is 0 Å². The van der Waals surface area contributed by atoms with Crippen LogP contribution in [0.5, 0.6) is 0 Å². The molecule has 0 amide bonds. The van der Waals surface area contributed by atoms with Gasteiger partial charge in [0.05, 0.1) is 0 Å². The third-order valence-corrected chi connectivity index (χ3v) is 4.43. The number of aliphatic hydroxyl groups is 1. The second-order valence-electron chi connectivity index (χ2n) is 5.93. The van der Waals surface area contributed by atoms with Crippen molar-refractivity contribution in [3.8, 4) is 0 Å². The molecule has 0 bridgehead atoms. The summed E-state index contributed by atoms with van der Waals surface area (Å²) in [6, 6.07) is 12.3.